The van der Waals surface area contributed by atoms with Crippen LogP contribution >= 0.6 is 0 Å². The summed E-state index contributed by atoms with van der Waals surface area (Å²) in [6, 6.07) is 0. The topological polar surface area (TPSA) is 121 Å². The summed E-state index contributed by atoms with van der Waals surface area (Å²) in [5.41, 5.74) is 0. The fourth-order valence-corrected chi connectivity index (χ4v) is 0.875. The minimum Gasteiger partial charge on any atom is -0.394 e. The molecule has 0 aromatic heterocycles. The van der Waals surface area contributed by atoms with Gasteiger partial charge in [-0.25, -0.2) is 0 Å². The zero-order valence-electron chi connectivity index (χ0n) is 15.2. The van der Waals surface area contributed by atoms with Gasteiger partial charge in [0.25, 0.3) is 10.1 Å². The standard InChI is InChI=1S/C8H18O5.C4H10O.C2H6O3S/c9-1-3-11-5-7-13-8-6-12-4-2-10;1-3-5-4-2;1-5-6(2,3)4/h9-10H,1-8H2;3-4H2,1-2H3;1-2H3. The molecule has 0 bridgehead atoms. The number of aliphatic hydroxyl groups is 2. The fraction of sp³-hybridized carbons (Fsp3) is 1.00. The zero-order valence-corrected chi connectivity index (χ0v) is 16.0. The van der Waals surface area contributed by atoms with E-state index in [1.807, 2.05) is 13.8 Å². The molecule has 9 nitrogen and oxygen atoms in total. The van der Waals surface area contributed by atoms with Crippen LogP contribution in [0.1, 0.15) is 13.8 Å². The molecule has 0 aromatic carbocycles. The molecule has 0 aliphatic carbocycles. The molecular formula is C14H34O9S. The zero-order chi connectivity index (χ0) is 19.1. The van der Waals surface area contributed by atoms with E-state index in [9.17, 15) is 8.42 Å². The van der Waals surface area contributed by atoms with Gasteiger partial charge in [-0.05, 0) is 13.8 Å². The normalized spacial score (nSPS) is 10.4. The van der Waals surface area contributed by atoms with Crippen LogP contribution in [0.15, 0.2) is 0 Å². The average Bonchev–Trinajstić information content (AvgIpc) is 2.55. The van der Waals surface area contributed by atoms with Crippen LogP contribution in [0.5, 0.6) is 0 Å². The van der Waals surface area contributed by atoms with Gasteiger partial charge in [0.2, 0.25) is 0 Å². The van der Waals surface area contributed by atoms with Crippen molar-refractivity contribution < 1.29 is 41.8 Å². The number of rotatable bonds is 13. The van der Waals surface area contributed by atoms with E-state index in [1.165, 1.54) is 0 Å². The van der Waals surface area contributed by atoms with Crippen molar-refractivity contribution in [1.82, 2.24) is 0 Å². The summed E-state index contributed by atoms with van der Waals surface area (Å²) in [6.07, 6.45) is 0.993. The van der Waals surface area contributed by atoms with E-state index in [-0.39, 0.29) is 13.2 Å². The van der Waals surface area contributed by atoms with Crippen molar-refractivity contribution >= 4 is 10.1 Å². The predicted molar refractivity (Wildman–Crippen MR) is 90.6 cm³/mol. The van der Waals surface area contributed by atoms with Crippen LogP contribution in [0, 0.1) is 0 Å². The van der Waals surface area contributed by atoms with Crippen LogP contribution in [-0.2, 0) is 33.2 Å². The molecule has 24 heavy (non-hydrogen) atoms. The molecule has 0 unspecified atom stereocenters. The minimum absolute atomic E-state index is 0.0413. The van der Waals surface area contributed by atoms with Crippen molar-refractivity contribution in [1.29, 1.82) is 0 Å². The van der Waals surface area contributed by atoms with Crippen LogP contribution in [0.2, 0.25) is 0 Å². The Morgan fingerprint density at radius 3 is 1.17 bits per heavy atom. The van der Waals surface area contributed by atoms with E-state index in [0.717, 1.165) is 26.6 Å². The second-order valence-corrected chi connectivity index (χ2v) is 5.68. The Kier molecular flexibility index (Phi) is 29.6. The van der Waals surface area contributed by atoms with Crippen molar-refractivity contribution in [2.24, 2.45) is 0 Å². The van der Waals surface area contributed by atoms with E-state index in [0.29, 0.717) is 39.6 Å². The SMILES string of the molecule is CCOCC.COS(C)(=O)=O.OCCOCCOCCOCCO. The molecule has 0 saturated carbocycles. The highest BCUT2D eigenvalue weighted by molar-refractivity contribution is 7.85. The maximum atomic E-state index is 9.78. The number of hydrogen-bond acceptors (Lipinski definition) is 9. The molecular weight excluding hydrogens is 344 g/mol. The van der Waals surface area contributed by atoms with Gasteiger partial charge < -0.3 is 29.2 Å². The van der Waals surface area contributed by atoms with Gasteiger partial charge >= 0.3 is 0 Å². The van der Waals surface area contributed by atoms with Gasteiger partial charge in [0.1, 0.15) is 0 Å². The summed E-state index contributed by atoms with van der Waals surface area (Å²) in [5, 5.41) is 16.7. The minimum atomic E-state index is -3.16. The molecule has 0 rings (SSSR count). The van der Waals surface area contributed by atoms with Gasteiger partial charge in [-0.3, -0.25) is 4.18 Å². The van der Waals surface area contributed by atoms with E-state index < -0.39 is 10.1 Å². The molecule has 0 amide bonds. The lowest BCUT2D eigenvalue weighted by molar-refractivity contribution is 0.00230. The number of aliphatic hydroxyl groups excluding tert-OH is 2. The summed E-state index contributed by atoms with van der Waals surface area (Å²) >= 11 is 0. The Balaban J connectivity index is -0.000000332. The Labute approximate surface area is 145 Å². The second-order valence-electron chi connectivity index (χ2n) is 3.94. The smallest absolute Gasteiger partial charge is 0.264 e. The van der Waals surface area contributed by atoms with Gasteiger partial charge in [0.05, 0.1) is 66.2 Å². The second kappa shape index (κ2) is 24.9. The predicted octanol–water partition coefficient (Wildman–Crippen LogP) is -0.344. The highest BCUT2D eigenvalue weighted by Gasteiger charge is 1.91. The maximum absolute atomic E-state index is 9.78. The molecule has 0 saturated heterocycles. The Bertz CT molecular complexity index is 285. The summed E-state index contributed by atoms with van der Waals surface area (Å²) < 4.78 is 43.3. The molecule has 2 N–H and O–H groups in total. The van der Waals surface area contributed by atoms with E-state index >= 15 is 0 Å². The van der Waals surface area contributed by atoms with E-state index in [4.69, 9.17) is 29.2 Å². The highest BCUT2D eigenvalue weighted by atomic mass is 32.2. The highest BCUT2D eigenvalue weighted by Crippen LogP contribution is 1.80. The van der Waals surface area contributed by atoms with Gasteiger partial charge in [-0.2, -0.15) is 8.42 Å². The van der Waals surface area contributed by atoms with Crippen molar-refractivity contribution in [3.63, 3.8) is 0 Å². The summed E-state index contributed by atoms with van der Waals surface area (Å²) in [7, 11) is -2.04. The van der Waals surface area contributed by atoms with Crippen LogP contribution in [0.3, 0.4) is 0 Å². The Hall–Kier alpha value is -0.330. The van der Waals surface area contributed by atoms with E-state index in [2.05, 4.69) is 4.18 Å². The molecule has 0 aliphatic heterocycles. The molecule has 0 heterocycles. The Morgan fingerprint density at radius 2 is 1.00 bits per heavy atom. The van der Waals surface area contributed by atoms with Crippen molar-refractivity contribution in [3.8, 4) is 0 Å². The molecule has 0 fully saturated rings. The fourth-order valence-electron chi connectivity index (χ4n) is 0.875. The average molecular weight is 378 g/mol. The van der Waals surface area contributed by atoms with Crippen molar-refractivity contribution in [2.75, 3.05) is 79.4 Å². The Morgan fingerprint density at radius 1 is 0.708 bits per heavy atom. The monoisotopic (exact) mass is 378 g/mol. The summed E-state index contributed by atoms with van der Waals surface area (Å²) in [4.78, 5) is 0. The van der Waals surface area contributed by atoms with Crippen LogP contribution in [-0.4, -0.2) is 98.1 Å². The lowest BCUT2D eigenvalue weighted by Crippen LogP contribution is -2.11. The van der Waals surface area contributed by atoms with Gasteiger partial charge in [-0.15, -0.1) is 0 Å². The lowest BCUT2D eigenvalue weighted by Gasteiger charge is -2.04. The maximum Gasteiger partial charge on any atom is 0.264 e. The van der Waals surface area contributed by atoms with Gasteiger partial charge in [-0.1, -0.05) is 0 Å². The number of ether oxygens (including phenoxy) is 4. The van der Waals surface area contributed by atoms with Crippen molar-refractivity contribution in [2.45, 2.75) is 13.8 Å². The molecule has 0 aromatic rings. The first kappa shape index (κ1) is 28.5. The third kappa shape index (κ3) is 43.0. The molecule has 0 spiro atoms. The molecule has 0 atom stereocenters. The van der Waals surface area contributed by atoms with Crippen LogP contribution < -0.4 is 0 Å². The van der Waals surface area contributed by atoms with Crippen LogP contribution in [0.4, 0.5) is 0 Å². The third-order valence-electron chi connectivity index (χ3n) is 1.93. The van der Waals surface area contributed by atoms with Crippen molar-refractivity contribution in [3.05, 3.63) is 0 Å². The summed E-state index contributed by atoms with van der Waals surface area (Å²) in [5.74, 6) is 0. The lowest BCUT2D eigenvalue weighted by atomic mass is 10.7. The first-order valence-electron chi connectivity index (χ1n) is 7.67. The molecule has 0 aliphatic rings. The number of hydrogen-bond donors (Lipinski definition) is 2. The first-order valence-corrected chi connectivity index (χ1v) is 9.49. The first-order chi connectivity index (χ1) is 11.4. The molecule has 150 valence electrons. The van der Waals surface area contributed by atoms with E-state index in [1.54, 1.807) is 0 Å². The molecule has 0 radical (unpaired) electrons. The van der Waals surface area contributed by atoms with Crippen LogP contribution in [0.25, 0.3) is 0 Å². The largest absolute Gasteiger partial charge is 0.394 e. The summed E-state index contributed by atoms with van der Waals surface area (Å²) in [6.45, 7) is 8.43. The van der Waals surface area contributed by atoms with Gasteiger partial charge in [0.15, 0.2) is 0 Å². The van der Waals surface area contributed by atoms with Gasteiger partial charge in [0, 0.05) is 13.2 Å². The molecule has 10 heteroatoms. The quantitative estimate of drug-likeness (QED) is 0.327. The third-order valence-corrected chi connectivity index (χ3v) is 2.53.